The minimum Gasteiger partial charge on any atom is -0.361 e. The van der Waals surface area contributed by atoms with Crippen molar-refractivity contribution < 1.29 is 0 Å². The van der Waals surface area contributed by atoms with Gasteiger partial charge in [-0.25, -0.2) is 4.79 Å². The molecule has 5 nitrogen and oxygen atoms in total. The molecule has 0 aliphatic rings. The summed E-state index contributed by atoms with van der Waals surface area (Å²) in [6, 6.07) is 6.61. The number of nitrogens with one attached hydrogen (secondary N) is 2. The highest BCUT2D eigenvalue weighted by atomic mass is 35.5. The van der Waals surface area contributed by atoms with Gasteiger partial charge >= 0.3 is 5.69 Å². The van der Waals surface area contributed by atoms with Crippen LogP contribution in [0, 0.1) is 0 Å². The van der Waals surface area contributed by atoms with Gasteiger partial charge in [-0.3, -0.25) is 14.3 Å². The van der Waals surface area contributed by atoms with Crippen molar-refractivity contribution in [1.29, 1.82) is 0 Å². The third-order valence-electron chi connectivity index (χ3n) is 2.71. The van der Waals surface area contributed by atoms with Crippen molar-refractivity contribution in [3.63, 3.8) is 0 Å². The van der Waals surface area contributed by atoms with E-state index in [9.17, 15) is 9.59 Å². The van der Waals surface area contributed by atoms with Crippen molar-refractivity contribution in [3.05, 3.63) is 62.5 Å². The summed E-state index contributed by atoms with van der Waals surface area (Å²) in [5.41, 5.74) is 0.500. The number of hydrogen-bond donors (Lipinski definition) is 2. The molecule has 2 aromatic heterocycles. The number of aromatic amines is 2. The Morgan fingerprint density at radius 2 is 2.00 bits per heavy atom. The van der Waals surface area contributed by atoms with E-state index in [2.05, 4.69) is 9.97 Å². The van der Waals surface area contributed by atoms with Crippen LogP contribution in [-0.2, 0) is 0 Å². The summed E-state index contributed by atoms with van der Waals surface area (Å²) in [6.07, 6.45) is 3.19. The fourth-order valence-corrected chi connectivity index (χ4v) is 2.14. The largest absolute Gasteiger partial charge is 0.361 e. The average Bonchev–Trinajstić information content (AvgIpc) is 2.77. The minimum absolute atomic E-state index is 0.428. The molecule has 0 saturated carbocycles. The van der Waals surface area contributed by atoms with Gasteiger partial charge in [-0.05, 0) is 18.2 Å². The van der Waals surface area contributed by atoms with Gasteiger partial charge in [0.15, 0.2) is 0 Å². The molecule has 0 aliphatic heterocycles. The first-order chi connectivity index (χ1) is 8.65. The zero-order chi connectivity index (χ0) is 12.7. The molecular weight excluding hydrogens is 254 g/mol. The maximum absolute atomic E-state index is 11.7. The lowest BCUT2D eigenvalue weighted by Gasteiger charge is -2.05. The standard InChI is InChI=1S/C12H8ClN3O2/c13-9-5-7(6-10-8(9)1-3-14-10)16-4-2-11(17)15-12(16)18/h1-6,14H,(H,15,17,18). The van der Waals surface area contributed by atoms with Crippen molar-refractivity contribution in [2.45, 2.75) is 0 Å². The number of hydrogen-bond acceptors (Lipinski definition) is 2. The summed E-state index contributed by atoms with van der Waals surface area (Å²) in [5, 5.41) is 1.43. The second-order valence-corrected chi connectivity index (χ2v) is 4.25. The van der Waals surface area contributed by atoms with Crippen LogP contribution in [0.3, 0.4) is 0 Å². The molecule has 0 saturated heterocycles. The van der Waals surface area contributed by atoms with Crippen molar-refractivity contribution in [2.24, 2.45) is 0 Å². The van der Waals surface area contributed by atoms with Crippen molar-refractivity contribution in [2.75, 3.05) is 0 Å². The highest BCUT2D eigenvalue weighted by Gasteiger charge is 2.06. The van der Waals surface area contributed by atoms with E-state index in [-0.39, 0.29) is 0 Å². The number of rotatable bonds is 1. The lowest BCUT2D eigenvalue weighted by molar-refractivity contribution is 0.897. The molecule has 0 amide bonds. The topological polar surface area (TPSA) is 70.7 Å². The van der Waals surface area contributed by atoms with Crippen molar-refractivity contribution in [1.82, 2.24) is 14.5 Å². The molecule has 6 heteroatoms. The Bertz CT molecular complexity index is 844. The van der Waals surface area contributed by atoms with E-state index in [4.69, 9.17) is 11.6 Å². The van der Waals surface area contributed by atoms with E-state index in [1.807, 2.05) is 6.07 Å². The Balaban J connectivity index is 2.31. The van der Waals surface area contributed by atoms with E-state index in [1.54, 1.807) is 18.3 Å². The molecule has 0 fully saturated rings. The summed E-state index contributed by atoms with van der Waals surface area (Å²) in [6.45, 7) is 0. The maximum Gasteiger partial charge on any atom is 0.332 e. The molecule has 90 valence electrons. The number of nitrogens with zero attached hydrogens (tertiary/aromatic N) is 1. The maximum atomic E-state index is 11.7. The fourth-order valence-electron chi connectivity index (χ4n) is 1.87. The van der Waals surface area contributed by atoms with E-state index in [0.717, 1.165) is 10.9 Å². The number of halogens is 1. The molecule has 2 N–H and O–H groups in total. The number of fused-ring (bicyclic) bond motifs is 1. The van der Waals surface area contributed by atoms with E-state index in [0.29, 0.717) is 10.7 Å². The highest BCUT2D eigenvalue weighted by molar-refractivity contribution is 6.35. The first kappa shape index (κ1) is 10.9. The predicted molar refractivity (Wildman–Crippen MR) is 69.5 cm³/mol. The van der Waals surface area contributed by atoms with E-state index in [1.165, 1.54) is 16.8 Å². The summed E-state index contributed by atoms with van der Waals surface area (Å²) in [7, 11) is 0. The Morgan fingerprint density at radius 3 is 2.78 bits per heavy atom. The third-order valence-corrected chi connectivity index (χ3v) is 3.02. The van der Waals surface area contributed by atoms with Crippen LogP contribution in [0.15, 0.2) is 46.2 Å². The Hall–Kier alpha value is -2.27. The zero-order valence-electron chi connectivity index (χ0n) is 9.11. The molecule has 3 rings (SSSR count). The first-order valence-corrected chi connectivity index (χ1v) is 5.62. The van der Waals surface area contributed by atoms with Gasteiger partial charge in [0.25, 0.3) is 5.56 Å². The molecular formula is C12H8ClN3O2. The Kier molecular flexibility index (Phi) is 2.34. The fraction of sp³-hybridized carbons (Fsp3) is 0. The zero-order valence-corrected chi connectivity index (χ0v) is 9.86. The smallest absolute Gasteiger partial charge is 0.332 e. The first-order valence-electron chi connectivity index (χ1n) is 5.24. The number of benzene rings is 1. The molecule has 18 heavy (non-hydrogen) atoms. The van der Waals surface area contributed by atoms with Crippen LogP contribution in [-0.4, -0.2) is 14.5 Å². The van der Waals surface area contributed by atoms with Crippen LogP contribution in [0.1, 0.15) is 0 Å². The molecule has 3 aromatic rings. The Morgan fingerprint density at radius 1 is 1.17 bits per heavy atom. The molecule has 2 heterocycles. The molecule has 1 aromatic carbocycles. The van der Waals surface area contributed by atoms with Crippen LogP contribution in [0.5, 0.6) is 0 Å². The number of H-pyrrole nitrogens is 2. The normalized spacial score (nSPS) is 10.9. The van der Waals surface area contributed by atoms with Crippen LogP contribution in [0.4, 0.5) is 0 Å². The van der Waals surface area contributed by atoms with Gasteiger partial charge in [-0.15, -0.1) is 0 Å². The van der Waals surface area contributed by atoms with Gasteiger partial charge in [-0.1, -0.05) is 11.6 Å². The van der Waals surface area contributed by atoms with E-state index < -0.39 is 11.2 Å². The minimum atomic E-state index is -0.496. The lowest BCUT2D eigenvalue weighted by atomic mass is 10.2. The quantitative estimate of drug-likeness (QED) is 0.699. The van der Waals surface area contributed by atoms with Crippen LogP contribution in [0.25, 0.3) is 16.6 Å². The lowest BCUT2D eigenvalue weighted by Crippen LogP contribution is -2.27. The molecule has 0 bridgehead atoms. The van der Waals surface area contributed by atoms with Gasteiger partial charge in [0.05, 0.1) is 10.7 Å². The molecule has 0 radical (unpaired) electrons. The van der Waals surface area contributed by atoms with Crippen molar-refractivity contribution >= 4 is 22.5 Å². The molecule has 0 aliphatic carbocycles. The SMILES string of the molecule is O=c1ccn(-c2cc(Cl)c3cc[nH]c3c2)c(=O)[nH]1. The molecule has 0 unspecified atom stereocenters. The Labute approximate surface area is 106 Å². The van der Waals surface area contributed by atoms with Crippen LogP contribution < -0.4 is 11.2 Å². The number of aromatic nitrogens is 3. The van der Waals surface area contributed by atoms with Gasteiger partial charge in [0.2, 0.25) is 0 Å². The van der Waals surface area contributed by atoms with Crippen LogP contribution in [0.2, 0.25) is 5.02 Å². The van der Waals surface area contributed by atoms with Gasteiger partial charge in [0, 0.05) is 29.4 Å². The monoisotopic (exact) mass is 261 g/mol. The summed E-state index contributed by atoms with van der Waals surface area (Å²) >= 11 is 6.13. The second kappa shape index (κ2) is 3.89. The van der Waals surface area contributed by atoms with Gasteiger partial charge in [-0.2, -0.15) is 0 Å². The summed E-state index contributed by atoms with van der Waals surface area (Å²) < 4.78 is 1.33. The molecule has 0 atom stereocenters. The summed E-state index contributed by atoms with van der Waals surface area (Å²) in [5.74, 6) is 0. The van der Waals surface area contributed by atoms with Gasteiger partial charge in [0.1, 0.15) is 0 Å². The van der Waals surface area contributed by atoms with Crippen LogP contribution >= 0.6 is 11.6 Å². The highest BCUT2D eigenvalue weighted by Crippen LogP contribution is 2.25. The average molecular weight is 262 g/mol. The van der Waals surface area contributed by atoms with Gasteiger partial charge < -0.3 is 4.98 Å². The summed E-state index contributed by atoms with van der Waals surface area (Å²) in [4.78, 5) is 27.9. The van der Waals surface area contributed by atoms with Crippen molar-refractivity contribution in [3.8, 4) is 5.69 Å². The third kappa shape index (κ3) is 1.65. The molecule has 0 spiro atoms. The predicted octanol–water partition coefficient (Wildman–Crippen LogP) is 1.66. The van der Waals surface area contributed by atoms with E-state index >= 15 is 0 Å². The second-order valence-electron chi connectivity index (χ2n) is 3.85.